The van der Waals surface area contributed by atoms with Crippen molar-refractivity contribution in [3.63, 3.8) is 0 Å². The lowest BCUT2D eigenvalue weighted by molar-refractivity contribution is 1.35. The highest BCUT2D eigenvalue weighted by Crippen LogP contribution is 2.35. The Morgan fingerprint density at radius 2 is 1.07 bits per heavy atom. The Labute approximate surface area is 163 Å². The first-order valence-corrected chi connectivity index (χ1v) is 9.67. The number of hydrogen-bond donors (Lipinski definition) is 3. The van der Waals surface area contributed by atoms with Crippen LogP contribution in [0.4, 0.5) is 0 Å². The molecule has 0 fully saturated rings. The molecule has 4 nitrogen and oxygen atoms in total. The number of hydrogen-bond acceptors (Lipinski definition) is 1. The van der Waals surface area contributed by atoms with Crippen molar-refractivity contribution in [3.8, 4) is 0 Å². The predicted octanol–water partition coefficient (Wildman–Crippen LogP) is 5.95. The Bertz CT molecular complexity index is 1830. The Hall–Kier alpha value is -4.05. The quantitative estimate of drug-likeness (QED) is 0.283. The molecule has 3 N–H and O–H groups in total. The summed E-state index contributed by atoms with van der Waals surface area (Å²) in [6.07, 6.45) is 0. The van der Waals surface area contributed by atoms with Gasteiger partial charge in [0.2, 0.25) is 0 Å². The summed E-state index contributed by atoms with van der Waals surface area (Å²) in [5.41, 5.74) is 4.89. The molecule has 0 atom stereocenters. The number of benzene rings is 4. The normalized spacial score (nSPS) is 12.3. The summed E-state index contributed by atoms with van der Waals surface area (Å²) in [6.45, 7) is 0. The Morgan fingerprint density at radius 3 is 1.86 bits per heavy atom. The van der Waals surface area contributed by atoms with E-state index in [1.807, 2.05) is 30.3 Å². The highest BCUT2D eigenvalue weighted by molar-refractivity contribution is 6.22. The number of aromatic nitrogens is 3. The molecule has 0 amide bonds. The van der Waals surface area contributed by atoms with E-state index >= 15 is 0 Å². The third-order valence-corrected chi connectivity index (χ3v) is 6.10. The molecule has 0 aliphatic rings. The topological polar surface area (TPSA) is 64.4 Å². The van der Waals surface area contributed by atoms with E-state index in [0.29, 0.717) is 5.39 Å². The maximum Gasteiger partial charge on any atom is 0.256 e. The van der Waals surface area contributed by atoms with Crippen molar-refractivity contribution in [3.05, 3.63) is 83.2 Å². The fourth-order valence-corrected chi connectivity index (χ4v) is 4.76. The SMILES string of the molecule is O=c1[nH]c2c(ccc3c4ccccc4[nH]c32)c2cc3c(cc12)[nH]c1ccccc13. The molecular weight excluding hydrogens is 358 g/mol. The highest BCUT2D eigenvalue weighted by atomic mass is 16.1. The van der Waals surface area contributed by atoms with Crippen LogP contribution in [0.3, 0.4) is 0 Å². The molecule has 0 spiro atoms. The maximum absolute atomic E-state index is 13.0. The number of fused-ring (bicyclic) bond motifs is 10. The molecule has 0 aliphatic carbocycles. The molecule has 0 radical (unpaired) electrons. The van der Waals surface area contributed by atoms with Crippen LogP contribution in [0.2, 0.25) is 0 Å². The molecule has 3 aromatic heterocycles. The molecule has 0 saturated heterocycles. The first kappa shape index (κ1) is 14.9. The van der Waals surface area contributed by atoms with Gasteiger partial charge < -0.3 is 15.0 Å². The maximum atomic E-state index is 13.0. The van der Waals surface area contributed by atoms with E-state index in [9.17, 15) is 4.79 Å². The molecule has 0 bridgehead atoms. The molecule has 7 aromatic rings. The molecule has 0 unspecified atom stereocenters. The summed E-state index contributed by atoms with van der Waals surface area (Å²) < 4.78 is 0. The van der Waals surface area contributed by atoms with E-state index in [1.54, 1.807) is 0 Å². The van der Waals surface area contributed by atoms with Crippen LogP contribution in [0.5, 0.6) is 0 Å². The van der Waals surface area contributed by atoms with Crippen molar-refractivity contribution in [1.29, 1.82) is 0 Å². The average Bonchev–Trinajstić information content (AvgIpc) is 3.31. The predicted molar refractivity (Wildman–Crippen MR) is 121 cm³/mol. The number of aromatic amines is 3. The number of nitrogens with one attached hydrogen (secondary N) is 3. The van der Waals surface area contributed by atoms with E-state index in [0.717, 1.165) is 54.5 Å². The van der Waals surface area contributed by atoms with Crippen LogP contribution in [0, 0.1) is 0 Å². The van der Waals surface area contributed by atoms with Crippen molar-refractivity contribution >= 4 is 65.3 Å². The number of rotatable bonds is 0. The first-order valence-electron chi connectivity index (χ1n) is 9.67. The third-order valence-electron chi connectivity index (χ3n) is 6.10. The van der Waals surface area contributed by atoms with E-state index in [4.69, 9.17) is 0 Å². The Kier molecular flexibility index (Phi) is 2.60. The number of H-pyrrole nitrogens is 3. The number of para-hydroxylation sites is 2. The fraction of sp³-hybridized carbons (Fsp3) is 0. The molecule has 136 valence electrons. The Balaban J connectivity index is 1.72. The lowest BCUT2D eigenvalue weighted by Gasteiger charge is -2.06. The van der Waals surface area contributed by atoms with E-state index < -0.39 is 0 Å². The zero-order valence-corrected chi connectivity index (χ0v) is 15.3. The van der Waals surface area contributed by atoms with Gasteiger partial charge in [-0.1, -0.05) is 48.5 Å². The van der Waals surface area contributed by atoms with Crippen LogP contribution in [-0.4, -0.2) is 15.0 Å². The average molecular weight is 373 g/mol. The van der Waals surface area contributed by atoms with Gasteiger partial charge in [-0.3, -0.25) is 4.79 Å². The second kappa shape index (κ2) is 5.06. The van der Waals surface area contributed by atoms with Gasteiger partial charge in [0, 0.05) is 48.9 Å². The van der Waals surface area contributed by atoms with Crippen LogP contribution >= 0.6 is 0 Å². The Morgan fingerprint density at radius 1 is 0.448 bits per heavy atom. The molecule has 7 rings (SSSR count). The minimum atomic E-state index is -0.0702. The standard InChI is InChI=1S/C25H15N3O/c29-25-19-12-22-18(14-6-2-3-7-20(14)26-22)11-17(19)16-10-9-15-13-5-1-4-8-21(13)27-23(15)24(16)28-25/h1-12,26-27H,(H,28,29). The van der Waals surface area contributed by atoms with Crippen molar-refractivity contribution in [1.82, 2.24) is 15.0 Å². The summed E-state index contributed by atoms with van der Waals surface area (Å²) in [6, 6.07) is 24.9. The van der Waals surface area contributed by atoms with Crippen LogP contribution in [0.15, 0.2) is 77.6 Å². The monoisotopic (exact) mass is 373 g/mol. The molecule has 29 heavy (non-hydrogen) atoms. The van der Waals surface area contributed by atoms with Gasteiger partial charge in [-0.05, 0) is 29.7 Å². The van der Waals surface area contributed by atoms with Crippen molar-refractivity contribution in [2.24, 2.45) is 0 Å². The van der Waals surface area contributed by atoms with Gasteiger partial charge in [0.1, 0.15) is 0 Å². The van der Waals surface area contributed by atoms with E-state index in [1.165, 1.54) is 5.39 Å². The zero-order valence-electron chi connectivity index (χ0n) is 15.3. The van der Waals surface area contributed by atoms with Crippen LogP contribution < -0.4 is 5.56 Å². The van der Waals surface area contributed by atoms with E-state index in [-0.39, 0.29) is 5.56 Å². The first-order chi connectivity index (χ1) is 14.3. The minimum Gasteiger partial charge on any atom is -0.354 e. The summed E-state index contributed by atoms with van der Waals surface area (Å²) in [5.74, 6) is 0. The summed E-state index contributed by atoms with van der Waals surface area (Å²) >= 11 is 0. The van der Waals surface area contributed by atoms with Gasteiger partial charge in [-0.25, -0.2) is 0 Å². The lowest BCUT2D eigenvalue weighted by Crippen LogP contribution is -2.06. The second-order valence-electron chi connectivity index (χ2n) is 7.65. The summed E-state index contributed by atoms with van der Waals surface area (Å²) in [7, 11) is 0. The van der Waals surface area contributed by atoms with Crippen molar-refractivity contribution in [2.75, 3.05) is 0 Å². The van der Waals surface area contributed by atoms with Crippen LogP contribution in [0.25, 0.3) is 65.3 Å². The molecule has 0 saturated carbocycles. The summed E-state index contributed by atoms with van der Waals surface area (Å²) in [5, 5.41) is 7.31. The van der Waals surface area contributed by atoms with Gasteiger partial charge in [0.15, 0.2) is 0 Å². The van der Waals surface area contributed by atoms with Gasteiger partial charge in [0.25, 0.3) is 5.56 Å². The van der Waals surface area contributed by atoms with Crippen LogP contribution in [0.1, 0.15) is 0 Å². The van der Waals surface area contributed by atoms with Crippen molar-refractivity contribution < 1.29 is 0 Å². The van der Waals surface area contributed by atoms with Gasteiger partial charge in [0.05, 0.1) is 11.0 Å². The zero-order chi connectivity index (χ0) is 19.1. The molecule has 0 aliphatic heterocycles. The van der Waals surface area contributed by atoms with E-state index in [2.05, 4.69) is 57.4 Å². The van der Waals surface area contributed by atoms with Crippen LogP contribution in [-0.2, 0) is 0 Å². The molecule has 4 heteroatoms. The number of pyridine rings is 1. The fourth-order valence-electron chi connectivity index (χ4n) is 4.76. The molecule has 3 heterocycles. The largest absolute Gasteiger partial charge is 0.354 e. The summed E-state index contributed by atoms with van der Waals surface area (Å²) in [4.78, 5) is 23.1. The van der Waals surface area contributed by atoms with Gasteiger partial charge in [-0.15, -0.1) is 0 Å². The third kappa shape index (κ3) is 1.85. The highest BCUT2D eigenvalue weighted by Gasteiger charge is 2.14. The smallest absolute Gasteiger partial charge is 0.256 e. The minimum absolute atomic E-state index is 0.0702. The molecular formula is C25H15N3O. The van der Waals surface area contributed by atoms with Gasteiger partial charge >= 0.3 is 0 Å². The second-order valence-corrected chi connectivity index (χ2v) is 7.65. The van der Waals surface area contributed by atoms with Crippen molar-refractivity contribution in [2.45, 2.75) is 0 Å². The molecule has 4 aromatic carbocycles. The van der Waals surface area contributed by atoms with Gasteiger partial charge in [-0.2, -0.15) is 0 Å². The lowest BCUT2D eigenvalue weighted by atomic mass is 10.0.